The van der Waals surface area contributed by atoms with Crippen molar-refractivity contribution in [2.24, 2.45) is 0 Å². The van der Waals surface area contributed by atoms with Crippen molar-refractivity contribution in [3.05, 3.63) is 90.0 Å². The number of para-hydroxylation sites is 2. The summed E-state index contributed by atoms with van der Waals surface area (Å²) in [5.74, 6) is 2.87. The van der Waals surface area contributed by atoms with Crippen LogP contribution in [0.3, 0.4) is 0 Å². The molecule has 2 aromatic heterocycles. The Morgan fingerprint density at radius 2 is 1.67 bits per heavy atom. The van der Waals surface area contributed by atoms with Crippen LogP contribution in [0.4, 0.5) is 0 Å². The van der Waals surface area contributed by atoms with Gasteiger partial charge in [-0.2, -0.15) is 4.52 Å². The largest absolute Gasteiger partial charge is 0.497 e. The summed E-state index contributed by atoms with van der Waals surface area (Å²) in [7, 11) is 3.18. The molecule has 0 bridgehead atoms. The highest BCUT2D eigenvalue weighted by atomic mass is 16.5. The number of ether oxygens (including phenoxy) is 4. The molecular formula is C29H25N5O5. The van der Waals surface area contributed by atoms with Crippen molar-refractivity contribution in [2.45, 2.75) is 5.92 Å². The molecule has 0 fully saturated rings. The number of carbonyl (C=O) groups is 1. The maximum atomic E-state index is 13.3. The van der Waals surface area contributed by atoms with Crippen LogP contribution in [-0.4, -0.2) is 53.1 Å². The van der Waals surface area contributed by atoms with Crippen LogP contribution in [0.2, 0.25) is 0 Å². The highest BCUT2D eigenvalue weighted by molar-refractivity contribution is 5.89. The predicted molar refractivity (Wildman–Crippen MR) is 143 cm³/mol. The molecule has 3 heterocycles. The molecule has 1 aliphatic rings. The molecule has 0 saturated carbocycles. The Balaban J connectivity index is 1.16. The van der Waals surface area contributed by atoms with Gasteiger partial charge in [0.2, 0.25) is 11.8 Å². The Bertz CT molecular complexity index is 1620. The molecule has 0 unspecified atom stereocenters. The lowest BCUT2D eigenvalue weighted by molar-refractivity contribution is -0.121. The third-order valence-electron chi connectivity index (χ3n) is 6.48. The summed E-state index contributed by atoms with van der Waals surface area (Å²) in [5, 5.41) is 16.0. The zero-order chi connectivity index (χ0) is 26.8. The van der Waals surface area contributed by atoms with Gasteiger partial charge in [-0.05, 0) is 36.4 Å². The van der Waals surface area contributed by atoms with E-state index in [9.17, 15) is 4.79 Å². The van der Waals surface area contributed by atoms with E-state index in [4.69, 9.17) is 18.9 Å². The van der Waals surface area contributed by atoms with Gasteiger partial charge in [0.1, 0.15) is 29.6 Å². The summed E-state index contributed by atoms with van der Waals surface area (Å²) < 4.78 is 24.3. The summed E-state index contributed by atoms with van der Waals surface area (Å²) >= 11 is 0. The number of amides is 1. The van der Waals surface area contributed by atoms with Gasteiger partial charge in [0.15, 0.2) is 11.5 Å². The second-order valence-electron chi connectivity index (χ2n) is 8.78. The minimum Gasteiger partial charge on any atom is -0.497 e. The number of nitrogens with one attached hydrogen (secondary N) is 1. The van der Waals surface area contributed by atoms with E-state index in [1.54, 1.807) is 43.0 Å². The number of methoxy groups -OCH3 is 2. The molecule has 5 aromatic rings. The van der Waals surface area contributed by atoms with Crippen molar-refractivity contribution < 1.29 is 23.7 Å². The summed E-state index contributed by atoms with van der Waals surface area (Å²) in [4.78, 5) is 13.3. The Labute approximate surface area is 224 Å². The monoisotopic (exact) mass is 523 g/mol. The van der Waals surface area contributed by atoms with Gasteiger partial charge in [-0.1, -0.05) is 36.4 Å². The number of benzene rings is 3. The Morgan fingerprint density at radius 3 is 2.38 bits per heavy atom. The molecule has 1 aliphatic heterocycles. The third-order valence-corrected chi connectivity index (χ3v) is 6.48. The number of hydrogen-bond acceptors (Lipinski definition) is 8. The second-order valence-corrected chi connectivity index (χ2v) is 8.78. The van der Waals surface area contributed by atoms with Crippen molar-refractivity contribution in [3.8, 4) is 40.3 Å². The van der Waals surface area contributed by atoms with Gasteiger partial charge in [0.05, 0.1) is 32.2 Å². The fraction of sp³-hybridized carbons (Fsp3) is 0.172. The Kier molecular flexibility index (Phi) is 6.42. The van der Waals surface area contributed by atoms with Crippen LogP contribution in [-0.2, 0) is 4.79 Å². The SMILES string of the molecule is COc1ccc(OC)c(-c2nnc3ccc(OCCNC(=O)C4c5ccccc5Oc5ccccc54)nn23)c1. The van der Waals surface area contributed by atoms with Crippen LogP contribution >= 0.6 is 0 Å². The van der Waals surface area contributed by atoms with Crippen LogP contribution < -0.4 is 24.3 Å². The van der Waals surface area contributed by atoms with E-state index in [1.165, 1.54) is 0 Å². The molecule has 0 saturated heterocycles. The van der Waals surface area contributed by atoms with Gasteiger partial charge in [0, 0.05) is 17.2 Å². The fourth-order valence-electron chi connectivity index (χ4n) is 4.63. The van der Waals surface area contributed by atoms with Gasteiger partial charge in [-0.15, -0.1) is 15.3 Å². The molecule has 0 spiro atoms. The molecule has 1 amide bonds. The summed E-state index contributed by atoms with van der Waals surface area (Å²) in [6.45, 7) is 0.510. The average molecular weight is 524 g/mol. The van der Waals surface area contributed by atoms with Crippen LogP contribution in [0.5, 0.6) is 28.9 Å². The van der Waals surface area contributed by atoms with E-state index < -0.39 is 5.92 Å². The van der Waals surface area contributed by atoms with Gasteiger partial charge < -0.3 is 24.3 Å². The summed E-state index contributed by atoms with van der Waals surface area (Å²) in [6, 6.07) is 24.1. The molecule has 0 atom stereocenters. The molecule has 10 heteroatoms. The van der Waals surface area contributed by atoms with E-state index in [-0.39, 0.29) is 12.5 Å². The van der Waals surface area contributed by atoms with Gasteiger partial charge in [-0.3, -0.25) is 4.79 Å². The Morgan fingerprint density at radius 1 is 0.923 bits per heavy atom. The van der Waals surface area contributed by atoms with Gasteiger partial charge in [0.25, 0.3) is 0 Å². The zero-order valence-corrected chi connectivity index (χ0v) is 21.3. The standard InChI is InChI=1S/C29H25N5O5/c1-36-18-11-12-22(37-2)21(17-18)28-32-31-25-13-14-26(33-34(25)28)38-16-15-30-29(35)27-19-7-3-5-9-23(19)39-24-10-6-4-8-20(24)27/h3-14,17,27H,15-16H2,1-2H3,(H,30,35). The maximum absolute atomic E-state index is 13.3. The minimum atomic E-state index is -0.474. The quantitative estimate of drug-likeness (QED) is 0.301. The number of aromatic nitrogens is 4. The topological polar surface area (TPSA) is 109 Å². The van der Waals surface area contributed by atoms with E-state index in [0.717, 1.165) is 11.1 Å². The highest BCUT2D eigenvalue weighted by Crippen LogP contribution is 2.43. The van der Waals surface area contributed by atoms with Gasteiger partial charge >= 0.3 is 0 Å². The van der Waals surface area contributed by atoms with Crippen LogP contribution in [0.1, 0.15) is 17.0 Å². The summed E-state index contributed by atoms with van der Waals surface area (Å²) in [6.07, 6.45) is 0. The molecule has 10 nitrogen and oxygen atoms in total. The first-order chi connectivity index (χ1) is 19.2. The van der Waals surface area contributed by atoms with Crippen molar-refractivity contribution in [3.63, 3.8) is 0 Å². The molecule has 39 heavy (non-hydrogen) atoms. The van der Waals surface area contributed by atoms with Crippen LogP contribution in [0.25, 0.3) is 17.0 Å². The molecule has 0 aliphatic carbocycles. The number of fused-ring (bicyclic) bond motifs is 3. The third kappa shape index (κ3) is 4.56. The molecule has 6 rings (SSSR count). The van der Waals surface area contributed by atoms with Gasteiger partial charge in [-0.25, -0.2) is 0 Å². The van der Waals surface area contributed by atoms with E-state index >= 15 is 0 Å². The van der Waals surface area contributed by atoms with Crippen LogP contribution in [0, 0.1) is 0 Å². The van der Waals surface area contributed by atoms with E-state index in [1.807, 2.05) is 54.6 Å². The Hall–Kier alpha value is -5.12. The molecular weight excluding hydrogens is 498 g/mol. The first-order valence-corrected chi connectivity index (χ1v) is 12.4. The predicted octanol–water partition coefficient (Wildman–Crippen LogP) is 4.24. The minimum absolute atomic E-state index is 0.128. The normalized spacial score (nSPS) is 12.3. The molecule has 3 aromatic carbocycles. The second kappa shape index (κ2) is 10.3. The summed E-state index contributed by atoms with van der Waals surface area (Å²) in [5.41, 5.74) is 2.88. The van der Waals surface area contributed by atoms with Crippen LogP contribution in [0.15, 0.2) is 78.9 Å². The van der Waals surface area contributed by atoms with Crippen molar-refractivity contribution >= 4 is 11.6 Å². The van der Waals surface area contributed by atoms with Crippen molar-refractivity contribution in [1.29, 1.82) is 0 Å². The fourth-order valence-corrected chi connectivity index (χ4v) is 4.63. The highest BCUT2D eigenvalue weighted by Gasteiger charge is 2.32. The average Bonchev–Trinajstić information content (AvgIpc) is 3.40. The molecule has 1 N–H and O–H groups in total. The number of nitrogens with zero attached hydrogens (tertiary/aromatic N) is 4. The van der Waals surface area contributed by atoms with E-state index in [2.05, 4.69) is 20.6 Å². The first kappa shape index (κ1) is 24.2. The number of rotatable bonds is 8. The number of carbonyl (C=O) groups excluding carboxylic acids is 1. The lowest BCUT2D eigenvalue weighted by Crippen LogP contribution is -2.34. The van der Waals surface area contributed by atoms with Crippen molar-refractivity contribution in [1.82, 2.24) is 25.1 Å². The smallest absolute Gasteiger partial charge is 0.232 e. The number of hydrogen-bond donors (Lipinski definition) is 1. The molecule has 196 valence electrons. The van der Waals surface area contributed by atoms with Crippen molar-refractivity contribution in [2.75, 3.05) is 27.4 Å². The van der Waals surface area contributed by atoms with E-state index in [0.29, 0.717) is 52.5 Å². The first-order valence-electron chi connectivity index (χ1n) is 12.4. The lowest BCUT2D eigenvalue weighted by atomic mass is 9.87. The maximum Gasteiger partial charge on any atom is 0.232 e. The molecule has 0 radical (unpaired) electrons. The lowest BCUT2D eigenvalue weighted by Gasteiger charge is -2.27. The zero-order valence-electron chi connectivity index (χ0n) is 21.3.